The van der Waals surface area contributed by atoms with Gasteiger partial charge in [-0.3, -0.25) is 14.9 Å². The first-order valence-electron chi connectivity index (χ1n) is 7.40. The smallest absolute Gasteiger partial charge is 0.327 e. The fourth-order valence-corrected chi connectivity index (χ4v) is 2.39. The second-order valence-electron chi connectivity index (χ2n) is 5.36. The van der Waals surface area contributed by atoms with Crippen molar-refractivity contribution >= 4 is 11.7 Å². The van der Waals surface area contributed by atoms with Gasteiger partial charge in [0.2, 0.25) is 5.82 Å². The van der Waals surface area contributed by atoms with E-state index in [2.05, 4.69) is 15.5 Å². The molecule has 1 heterocycles. The van der Waals surface area contributed by atoms with Gasteiger partial charge in [-0.1, -0.05) is 0 Å². The SMILES string of the molecule is CCOC(=O)Cn1nnnc1[C@H](c1ccc([N+](=O)[O-])cc1)[NH+](C)C. The normalized spacial score (nSPS) is 12.2. The molecule has 0 spiro atoms. The van der Waals surface area contributed by atoms with Gasteiger partial charge in [-0.2, -0.15) is 0 Å². The number of nitrogens with zero attached hydrogens (tertiary/aromatic N) is 5. The molecule has 0 unspecified atom stereocenters. The zero-order valence-corrected chi connectivity index (χ0v) is 13.7. The molecule has 0 aliphatic rings. The number of rotatable bonds is 7. The quantitative estimate of drug-likeness (QED) is 0.407. The molecule has 128 valence electrons. The number of nitro groups is 1. The fraction of sp³-hybridized carbons (Fsp3) is 0.429. The van der Waals surface area contributed by atoms with E-state index in [1.165, 1.54) is 16.8 Å². The molecule has 0 aliphatic carbocycles. The van der Waals surface area contributed by atoms with Crippen LogP contribution in [-0.4, -0.2) is 51.8 Å². The van der Waals surface area contributed by atoms with E-state index >= 15 is 0 Å². The Morgan fingerprint density at radius 2 is 2.04 bits per heavy atom. The van der Waals surface area contributed by atoms with Gasteiger partial charge in [0.05, 0.1) is 25.6 Å². The molecule has 24 heavy (non-hydrogen) atoms. The number of nitro benzene ring substituents is 1. The molecule has 2 aromatic rings. The van der Waals surface area contributed by atoms with Crippen LogP contribution < -0.4 is 4.90 Å². The molecule has 10 nitrogen and oxygen atoms in total. The molecule has 1 atom stereocenters. The molecule has 2 rings (SSSR count). The van der Waals surface area contributed by atoms with Crippen LogP contribution in [0.25, 0.3) is 0 Å². The number of aromatic nitrogens is 4. The minimum atomic E-state index is -0.452. The summed E-state index contributed by atoms with van der Waals surface area (Å²) in [5, 5.41) is 22.3. The van der Waals surface area contributed by atoms with Gasteiger partial charge in [0, 0.05) is 17.7 Å². The molecule has 0 saturated carbocycles. The number of benzene rings is 1. The molecule has 0 amide bonds. The average Bonchev–Trinajstić information content (AvgIpc) is 2.95. The molecule has 0 aliphatic heterocycles. The maximum Gasteiger partial charge on any atom is 0.327 e. The summed E-state index contributed by atoms with van der Waals surface area (Å²) >= 11 is 0. The van der Waals surface area contributed by atoms with Crippen molar-refractivity contribution in [2.45, 2.75) is 19.5 Å². The van der Waals surface area contributed by atoms with E-state index in [4.69, 9.17) is 4.74 Å². The van der Waals surface area contributed by atoms with Crippen molar-refractivity contribution in [3.8, 4) is 0 Å². The third-order valence-electron chi connectivity index (χ3n) is 3.42. The number of ether oxygens (including phenoxy) is 1. The highest BCUT2D eigenvalue weighted by Gasteiger charge is 2.28. The zero-order chi connectivity index (χ0) is 17.7. The first kappa shape index (κ1) is 17.5. The minimum absolute atomic E-state index is 0.0115. The number of hydrogen-bond acceptors (Lipinski definition) is 7. The Bertz CT molecular complexity index is 712. The van der Waals surface area contributed by atoms with Gasteiger partial charge in [-0.05, 0) is 29.5 Å². The van der Waals surface area contributed by atoms with Crippen molar-refractivity contribution in [3.63, 3.8) is 0 Å². The molecular formula is C14H19N6O4+. The van der Waals surface area contributed by atoms with Crippen LogP contribution in [-0.2, 0) is 16.1 Å². The summed E-state index contributed by atoms with van der Waals surface area (Å²) in [6, 6.07) is 5.92. The summed E-state index contributed by atoms with van der Waals surface area (Å²) in [5.74, 6) is 0.0548. The number of quaternary nitrogens is 1. The van der Waals surface area contributed by atoms with Crippen LogP contribution in [0.15, 0.2) is 24.3 Å². The summed E-state index contributed by atoms with van der Waals surface area (Å²) in [7, 11) is 3.82. The second kappa shape index (κ2) is 7.59. The number of tetrazole rings is 1. The average molecular weight is 335 g/mol. The second-order valence-corrected chi connectivity index (χ2v) is 5.36. The largest absolute Gasteiger partial charge is 0.465 e. The standard InChI is InChI=1S/C14H18N6O4/c1-4-24-12(21)9-19-14(15-16-17-19)13(18(2)3)10-5-7-11(8-6-10)20(22)23/h5-8,13H,4,9H2,1-3H3/p+1/t13-/m0/s1. The highest BCUT2D eigenvalue weighted by atomic mass is 16.6. The fourth-order valence-electron chi connectivity index (χ4n) is 2.39. The first-order valence-corrected chi connectivity index (χ1v) is 7.40. The van der Waals surface area contributed by atoms with E-state index in [0.717, 1.165) is 10.5 Å². The number of carbonyl (C=O) groups excluding carboxylic acids is 1. The van der Waals surface area contributed by atoms with Gasteiger partial charge in [0.15, 0.2) is 6.04 Å². The molecule has 0 fully saturated rings. The lowest BCUT2D eigenvalue weighted by molar-refractivity contribution is -0.886. The molecule has 0 saturated heterocycles. The van der Waals surface area contributed by atoms with Crippen molar-refractivity contribution in [3.05, 3.63) is 45.8 Å². The Hall–Kier alpha value is -2.88. The lowest BCUT2D eigenvalue weighted by atomic mass is 10.0. The summed E-state index contributed by atoms with van der Waals surface area (Å²) in [4.78, 5) is 23.0. The number of esters is 1. The van der Waals surface area contributed by atoms with Crippen LogP contribution in [0.1, 0.15) is 24.4 Å². The maximum absolute atomic E-state index is 11.7. The Balaban J connectivity index is 2.33. The van der Waals surface area contributed by atoms with E-state index < -0.39 is 10.9 Å². The van der Waals surface area contributed by atoms with Crippen LogP contribution in [0.3, 0.4) is 0 Å². The predicted octanol–water partition coefficient (Wildman–Crippen LogP) is -0.622. The van der Waals surface area contributed by atoms with Gasteiger partial charge in [0.1, 0.15) is 6.54 Å². The Labute approximate surface area is 138 Å². The summed E-state index contributed by atoms with van der Waals surface area (Å²) in [5.41, 5.74) is 0.817. The number of non-ortho nitro benzene ring substituents is 1. The van der Waals surface area contributed by atoms with Gasteiger partial charge in [0.25, 0.3) is 5.69 Å². The third kappa shape index (κ3) is 3.90. The van der Waals surface area contributed by atoms with Crippen molar-refractivity contribution in [1.82, 2.24) is 20.2 Å². The van der Waals surface area contributed by atoms with Gasteiger partial charge in [-0.15, -0.1) is 5.10 Å². The number of nitrogens with one attached hydrogen (secondary N) is 1. The van der Waals surface area contributed by atoms with Gasteiger partial charge < -0.3 is 9.64 Å². The van der Waals surface area contributed by atoms with E-state index in [1.54, 1.807) is 19.1 Å². The third-order valence-corrected chi connectivity index (χ3v) is 3.42. The minimum Gasteiger partial charge on any atom is -0.465 e. The lowest BCUT2D eigenvalue weighted by Crippen LogP contribution is -3.06. The van der Waals surface area contributed by atoms with Gasteiger partial charge >= 0.3 is 5.97 Å². The highest BCUT2D eigenvalue weighted by Crippen LogP contribution is 2.20. The molecule has 0 bridgehead atoms. The van der Waals surface area contributed by atoms with Gasteiger partial charge in [-0.25, -0.2) is 4.68 Å². The Morgan fingerprint density at radius 1 is 1.38 bits per heavy atom. The highest BCUT2D eigenvalue weighted by molar-refractivity contribution is 5.69. The monoisotopic (exact) mass is 335 g/mol. The van der Waals surface area contributed by atoms with Crippen LogP contribution >= 0.6 is 0 Å². The summed E-state index contributed by atoms with van der Waals surface area (Å²) in [6.07, 6.45) is 0. The molecule has 1 aromatic heterocycles. The maximum atomic E-state index is 11.7. The van der Waals surface area contributed by atoms with Crippen molar-refractivity contribution < 1.29 is 19.4 Å². The van der Waals surface area contributed by atoms with Crippen molar-refractivity contribution in [2.24, 2.45) is 0 Å². The van der Waals surface area contributed by atoms with E-state index in [1.807, 2.05) is 14.1 Å². The first-order chi connectivity index (χ1) is 11.4. The van der Waals surface area contributed by atoms with Crippen LogP contribution in [0.4, 0.5) is 5.69 Å². The topological polar surface area (TPSA) is 117 Å². The molecule has 1 aromatic carbocycles. The van der Waals surface area contributed by atoms with Crippen molar-refractivity contribution in [1.29, 1.82) is 0 Å². The van der Waals surface area contributed by atoms with E-state index in [-0.39, 0.29) is 24.9 Å². The van der Waals surface area contributed by atoms with Crippen LogP contribution in [0, 0.1) is 10.1 Å². The number of hydrogen-bond donors (Lipinski definition) is 1. The molecule has 0 radical (unpaired) electrons. The Morgan fingerprint density at radius 3 is 2.58 bits per heavy atom. The van der Waals surface area contributed by atoms with E-state index in [0.29, 0.717) is 5.82 Å². The zero-order valence-electron chi connectivity index (χ0n) is 13.7. The summed E-state index contributed by atoms with van der Waals surface area (Å²) < 4.78 is 6.31. The Kier molecular flexibility index (Phi) is 5.53. The van der Waals surface area contributed by atoms with E-state index in [9.17, 15) is 14.9 Å². The van der Waals surface area contributed by atoms with Crippen LogP contribution in [0.2, 0.25) is 0 Å². The summed E-state index contributed by atoms with van der Waals surface area (Å²) in [6.45, 7) is 1.91. The predicted molar refractivity (Wildman–Crippen MR) is 82.2 cm³/mol. The van der Waals surface area contributed by atoms with Crippen LogP contribution in [0.5, 0.6) is 0 Å². The molecular weight excluding hydrogens is 316 g/mol. The lowest BCUT2D eigenvalue weighted by Gasteiger charge is -2.20. The van der Waals surface area contributed by atoms with Crippen molar-refractivity contribution in [2.75, 3.05) is 20.7 Å². The molecule has 1 N–H and O–H groups in total. The molecule has 10 heteroatoms. The number of carbonyl (C=O) groups is 1.